The highest BCUT2D eigenvalue weighted by Gasteiger charge is 2.15. The number of carbonyl (C=O) groups excluding carboxylic acids is 2. The van der Waals surface area contributed by atoms with Crippen molar-refractivity contribution >= 4 is 11.8 Å². The van der Waals surface area contributed by atoms with Gasteiger partial charge in [-0.05, 0) is 55.3 Å². The minimum Gasteiger partial charge on any atom is -0.493 e. The lowest BCUT2D eigenvalue weighted by Gasteiger charge is -2.26. The molecular formula is C24H29F2N3O4. The number of hydrogen-bond acceptors (Lipinski definition) is 5. The van der Waals surface area contributed by atoms with E-state index < -0.39 is 12.5 Å². The van der Waals surface area contributed by atoms with Crippen LogP contribution in [0.1, 0.15) is 40.7 Å². The summed E-state index contributed by atoms with van der Waals surface area (Å²) >= 11 is 0. The van der Waals surface area contributed by atoms with Gasteiger partial charge in [0.2, 0.25) is 5.91 Å². The molecule has 2 aromatic rings. The van der Waals surface area contributed by atoms with E-state index in [1.54, 1.807) is 0 Å². The maximum absolute atomic E-state index is 12.4. The molecule has 1 aliphatic heterocycles. The van der Waals surface area contributed by atoms with Crippen molar-refractivity contribution in [3.05, 3.63) is 59.2 Å². The van der Waals surface area contributed by atoms with E-state index in [0.717, 1.165) is 25.2 Å². The van der Waals surface area contributed by atoms with Crippen LogP contribution < -0.4 is 20.1 Å². The molecule has 3 rings (SSSR count). The standard InChI is InChI=1S/C24H29F2N3O4/c1-32-21-13-19(9-10-20(21)33-24(25)26)23(31)28-15-22(30)27-14-17-5-7-18(8-6-17)16-29-11-3-2-4-12-29/h5-10,13,24H,2-4,11-12,14-16H2,1H3,(H,27,30)(H,28,31). The summed E-state index contributed by atoms with van der Waals surface area (Å²) in [7, 11) is 1.28. The number of likely N-dealkylation sites (tertiary alicyclic amines) is 1. The summed E-state index contributed by atoms with van der Waals surface area (Å²) in [6.07, 6.45) is 3.82. The number of ether oxygens (including phenoxy) is 2. The molecule has 2 amide bonds. The molecule has 0 unspecified atom stereocenters. The fourth-order valence-corrected chi connectivity index (χ4v) is 3.67. The van der Waals surface area contributed by atoms with Gasteiger partial charge in [0.15, 0.2) is 11.5 Å². The zero-order valence-corrected chi connectivity index (χ0v) is 18.6. The summed E-state index contributed by atoms with van der Waals surface area (Å²) in [6.45, 7) is 0.357. The van der Waals surface area contributed by atoms with E-state index in [2.05, 4.69) is 32.4 Å². The highest BCUT2D eigenvalue weighted by Crippen LogP contribution is 2.29. The third-order valence-corrected chi connectivity index (χ3v) is 5.42. The lowest BCUT2D eigenvalue weighted by Crippen LogP contribution is -2.36. The number of piperidine rings is 1. The SMILES string of the molecule is COc1cc(C(=O)NCC(=O)NCc2ccc(CN3CCCCC3)cc2)ccc1OC(F)F. The smallest absolute Gasteiger partial charge is 0.387 e. The third kappa shape index (κ3) is 7.71. The van der Waals surface area contributed by atoms with Crippen molar-refractivity contribution in [2.45, 2.75) is 39.0 Å². The van der Waals surface area contributed by atoms with Crippen molar-refractivity contribution < 1.29 is 27.8 Å². The van der Waals surface area contributed by atoms with E-state index in [4.69, 9.17) is 4.74 Å². The van der Waals surface area contributed by atoms with Crippen molar-refractivity contribution in [3.63, 3.8) is 0 Å². The first kappa shape index (κ1) is 24.4. The summed E-state index contributed by atoms with van der Waals surface area (Å²) in [5.74, 6) is -1.06. The highest BCUT2D eigenvalue weighted by molar-refractivity contribution is 5.97. The normalized spacial score (nSPS) is 14.1. The molecule has 1 heterocycles. The molecule has 2 N–H and O–H groups in total. The number of nitrogens with zero attached hydrogens (tertiary/aromatic N) is 1. The maximum Gasteiger partial charge on any atom is 0.387 e. The van der Waals surface area contributed by atoms with Crippen LogP contribution in [0.2, 0.25) is 0 Å². The fraction of sp³-hybridized carbons (Fsp3) is 0.417. The number of amides is 2. The van der Waals surface area contributed by atoms with E-state index in [-0.39, 0.29) is 29.5 Å². The van der Waals surface area contributed by atoms with Gasteiger partial charge < -0.3 is 20.1 Å². The Kier molecular flexibility index (Phi) is 9.00. The topological polar surface area (TPSA) is 79.9 Å². The van der Waals surface area contributed by atoms with E-state index in [1.807, 2.05) is 12.1 Å². The summed E-state index contributed by atoms with van der Waals surface area (Å²) in [5.41, 5.74) is 2.38. The Morgan fingerprint density at radius 2 is 1.67 bits per heavy atom. The van der Waals surface area contributed by atoms with Crippen LogP contribution in [0, 0.1) is 0 Å². The van der Waals surface area contributed by atoms with E-state index >= 15 is 0 Å². The van der Waals surface area contributed by atoms with Crippen molar-refractivity contribution in [2.24, 2.45) is 0 Å². The number of halogens is 2. The van der Waals surface area contributed by atoms with E-state index in [0.29, 0.717) is 6.54 Å². The fourth-order valence-electron chi connectivity index (χ4n) is 3.67. The Bertz CT molecular complexity index is 932. The molecule has 0 aromatic heterocycles. The number of carbonyl (C=O) groups is 2. The number of nitrogens with one attached hydrogen (secondary N) is 2. The van der Waals surface area contributed by atoms with Gasteiger partial charge in [-0.15, -0.1) is 0 Å². The monoisotopic (exact) mass is 461 g/mol. The second-order valence-corrected chi connectivity index (χ2v) is 7.86. The van der Waals surface area contributed by atoms with Gasteiger partial charge in [-0.2, -0.15) is 8.78 Å². The van der Waals surface area contributed by atoms with Crippen LogP contribution in [0.15, 0.2) is 42.5 Å². The van der Waals surface area contributed by atoms with Gasteiger partial charge in [0, 0.05) is 18.7 Å². The van der Waals surface area contributed by atoms with Crippen LogP contribution in [0.25, 0.3) is 0 Å². The molecule has 0 saturated carbocycles. The lowest BCUT2D eigenvalue weighted by molar-refractivity contribution is -0.120. The predicted molar refractivity (Wildman–Crippen MR) is 119 cm³/mol. The zero-order chi connectivity index (χ0) is 23.6. The van der Waals surface area contributed by atoms with Gasteiger partial charge >= 0.3 is 6.61 Å². The van der Waals surface area contributed by atoms with Crippen molar-refractivity contribution in [1.29, 1.82) is 0 Å². The van der Waals surface area contributed by atoms with Gasteiger partial charge in [0.05, 0.1) is 13.7 Å². The van der Waals surface area contributed by atoms with Crippen LogP contribution in [0.5, 0.6) is 11.5 Å². The Hall–Kier alpha value is -3.20. The minimum absolute atomic E-state index is 0.00358. The Morgan fingerprint density at radius 3 is 2.33 bits per heavy atom. The summed E-state index contributed by atoms with van der Waals surface area (Å²) in [5, 5.41) is 5.27. The predicted octanol–water partition coefficient (Wildman–Crippen LogP) is 3.33. The first-order chi connectivity index (χ1) is 15.9. The minimum atomic E-state index is -3.01. The van der Waals surface area contributed by atoms with Gasteiger partial charge in [-0.25, -0.2) is 0 Å². The van der Waals surface area contributed by atoms with Gasteiger partial charge in [-0.1, -0.05) is 30.7 Å². The molecule has 0 radical (unpaired) electrons. The van der Waals surface area contributed by atoms with Crippen LogP contribution in [0.4, 0.5) is 8.78 Å². The molecule has 2 aromatic carbocycles. The molecule has 7 nitrogen and oxygen atoms in total. The number of hydrogen-bond donors (Lipinski definition) is 2. The molecule has 0 bridgehead atoms. The molecule has 0 aliphatic carbocycles. The summed E-state index contributed by atoms with van der Waals surface area (Å²) in [4.78, 5) is 26.9. The quantitative estimate of drug-likeness (QED) is 0.568. The summed E-state index contributed by atoms with van der Waals surface area (Å²) < 4.78 is 34.1. The van der Waals surface area contributed by atoms with Crippen molar-refractivity contribution in [2.75, 3.05) is 26.7 Å². The second-order valence-electron chi connectivity index (χ2n) is 7.86. The van der Waals surface area contributed by atoms with Crippen LogP contribution in [0.3, 0.4) is 0 Å². The molecule has 33 heavy (non-hydrogen) atoms. The second kappa shape index (κ2) is 12.2. The van der Waals surface area contributed by atoms with Gasteiger partial charge in [0.25, 0.3) is 5.91 Å². The Labute approximate surface area is 192 Å². The van der Waals surface area contributed by atoms with Gasteiger partial charge in [0.1, 0.15) is 0 Å². The first-order valence-electron chi connectivity index (χ1n) is 10.9. The number of methoxy groups -OCH3 is 1. The van der Waals surface area contributed by atoms with Crippen LogP contribution in [-0.4, -0.2) is 50.1 Å². The molecule has 1 saturated heterocycles. The number of rotatable bonds is 10. The van der Waals surface area contributed by atoms with Crippen molar-refractivity contribution in [3.8, 4) is 11.5 Å². The molecule has 0 spiro atoms. The third-order valence-electron chi connectivity index (χ3n) is 5.42. The molecule has 178 valence electrons. The molecular weight excluding hydrogens is 432 g/mol. The van der Waals surface area contributed by atoms with Gasteiger partial charge in [-0.3, -0.25) is 14.5 Å². The maximum atomic E-state index is 12.4. The molecule has 1 aliphatic rings. The number of benzene rings is 2. The largest absolute Gasteiger partial charge is 0.493 e. The summed E-state index contributed by atoms with van der Waals surface area (Å²) in [6, 6.07) is 11.9. The zero-order valence-electron chi connectivity index (χ0n) is 18.6. The lowest BCUT2D eigenvalue weighted by atomic mass is 10.1. The molecule has 9 heteroatoms. The van der Waals surface area contributed by atoms with Crippen molar-refractivity contribution in [1.82, 2.24) is 15.5 Å². The van der Waals surface area contributed by atoms with E-state index in [1.165, 1.54) is 50.1 Å². The molecule has 1 fully saturated rings. The first-order valence-corrected chi connectivity index (χ1v) is 10.9. The molecule has 0 atom stereocenters. The Balaban J connectivity index is 1.43. The number of alkyl halides is 2. The van der Waals surface area contributed by atoms with Crippen LogP contribution in [-0.2, 0) is 17.9 Å². The Morgan fingerprint density at radius 1 is 0.970 bits per heavy atom. The van der Waals surface area contributed by atoms with E-state index in [9.17, 15) is 18.4 Å². The average Bonchev–Trinajstić information content (AvgIpc) is 2.82. The highest BCUT2D eigenvalue weighted by atomic mass is 19.3. The average molecular weight is 462 g/mol. The van der Waals surface area contributed by atoms with Crippen LogP contribution >= 0.6 is 0 Å².